The number of aromatic nitrogens is 2. The second-order valence-corrected chi connectivity index (χ2v) is 3.33. The molecule has 1 aromatic heterocycles. The first-order valence-corrected chi connectivity index (χ1v) is 4.61. The van der Waals surface area contributed by atoms with Crippen molar-refractivity contribution in [3.8, 4) is 5.88 Å². The summed E-state index contributed by atoms with van der Waals surface area (Å²) in [6, 6.07) is 1.20. The quantitative estimate of drug-likeness (QED) is 0.743. The van der Waals surface area contributed by atoms with E-state index in [0.29, 0.717) is 12.1 Å². The van der Waals surface area contributed by atoms with E-state index in [9.17, 15) is 22.0 Å². The van der Waals surface area contributed by atoms with Crippen LogP contribution < -0.4 is 4.74 Å². The lowest BCUT2D eigenvalue weighted by molar-refractivity contribution is -0.142. The number of hydrogen-bond donors (Lipinski definition) is 0. The Bertz CT molecular complexity index is 611. The first-order valence-electron chi connectivity index (χ1n) is 4.61. The van der Waals surface area contributed by atoms with Gasteiger partial charge in [-0.3, -0.25) is 0 Å². The van der Waals surface area contributed by atoms with Crippen LogP contribution in [0.5, 0.6) is 5.88 Å². The summed E-state index contributed by atoms with van der Waals surface area (Å²) in [5.74, 6) is -3.31. The van der Waals surface area contributed by atoms with Gasteiger partial charge in [0.2, 0.25) is 11.6 Å². The number of hydrogen-bond acceptors (Lipinski definition) is 3. The highest BCUT2D eigenvalue weighted by atomic mass is 19.4. The van der Waals surface area contributed by atoms with Crippen molar-refractivity contribution < 1.29 is 26.7 Å². The number of benzene rings is 1. The SMILES string of the molecule is COc1nc2cc(F)c(F)cc2nc1C(F)(F)F. The highest BCUT2D eigenvalue weighted by Crippen LogP contribution is 2.34. The summed E-state index contributed by atoms with van der Waals surface area (Å²) in [5, 5.41) is 0. The van der Waals surface area contributed by atoms with E-state index in [1.165, 1.54) is 0 Å². The smallest absolute Gasteiger partial charge is 0.438 e. The molecule has 3 nitrogen and oxygen atoms in total. The zero-order chi connectivity index (χ0) is 13.5. The lowest BCUT2D eigenvalue weighted by atomic mass is 10.2. The number of fused-ring (bicyclic) bond motifs is 1. The van der Waals surface area contributed by atoms with E-state index in [2.05, 4.69) is 14.7 Å². The van der Waals surface area contributed by atoms with Crippen LogP contribution in [0.1, 0.15) is 5.69 Å². The van der Waals surface area contributed by atoms with Crippen LogP contribution in [0, 0.1) is 11.6 Å². The van der Waals surface area contributed by atoms with E-state index in [1.807, 2.05) is 0 Å². The van der Waals surface area contributed by atoms with Gasteiger partial charge in [0.25, 0.3) is 0 Å². The summed E-state index contributed by atoms with van der Waals surface area (Å²) in [6.45, 7) is 0. The third-order valence-corrected chi connectivity index (χ3v) is 2.14. The third kappa shape index (κ3) is 2.05. The molecule has 0 aliphatic heterocycles. The Morgan fingerprint density at radius 2 is 1.50 bits per heavy atom. The van der Waals surface area contributed by atoms with E-state index in [4.69, 9.17) is 0 Å². The summed E-state index contributed by atoms with van der Waals surface area (Å²) in [6.07, 6.45) is -4.79. The Kier molecular flexibility index (Phi) is 2.80. The normalized spacial score (nSPS) is 11.9. The van der Waals surface area contributed by atoms with Crippen LogP contribution in [-0.2, 0) is 6.18 Å². The Morgan fingerprint density at radius 3 is 1.94 bits per heavy atom. The number of methoxy groups -OCH3 is 1. The highest BCUT2D eigenvalue weighted by molar-refractivity contribution is 5.75. The summed E-state index contributed by atoms with van der Waals surface area (Å²) in [4.78, 5) is 6.65. The minimum absolute atomic E-state index is 0.223. The Labute approximate surface area is 97.2 Å². The highest BCUT2D eigenvalue weighted by Gasteiger charge is 2.37. The molecule has 0 atom stereocenters. The van der Waals surface area contributed by atoms with Crippen molar-refractivity contribution in [2.45, 2.75) is 6.18 Å². The minimum atomic E-state index is -4.79. The summed E-state index contributed by atoms with van der Waals surface area (Å²) >= 11 is 0. The predicted molar refractivity (Wildman–Crippen MR) is 51.0 cm³/mol. The molecule has 0 amide bonds. The van der Waals surface area contributed by atoms with Crippen molar-refractivity contribution in [2.75, 3.05) is 7.11 Å². The van der Waals surface area contributed by atoms with Crippen LogP contribution in [0.2, 0.25) is 0 Å². The Morgan fingerprint density at radius 1 is 1.00 bits per heavy atom. The van der Waals surface area contributed by atoms with E-state index in [-0.39, 0.29) is 5.52 Å². The summed E-state index contributed by atoms with van der Waals surface area (Å²) < 4.78 is 68.0. The van der Waals surface area contributed by atoms with Crippen LogP contribution in [0.4, 0.5) is 22.0 Å². The zero-order valence-electron chi connectivity index (χ0n) is 8.85. The Balaban J connectivity index is 2.77. The molecule has 2 aromatic rings. The number of alkyl halides is 3. The molecule has 96 valence electrons. The largest absolute Gasteiger partial charge is 0.479 e. The predicted octanol–water partition coefficient (Wildman–Crippen LogP) is 2.94. The average Bonchev–Trinajstić information content (AvgIpc) is 2.28. The topological polar surface area (TPSA) is 35.0 Å². The fraction of sp³-hybridized carbons (Fsp3) is 0.200. The third-order valence-electron chi connectivity index (χ3n) is 2.14. The van der Waals surface area contributed by atoms with Gasteiger partial charge in [-0.05, 0) is 0 Å². The van der Waals surface area contributed by atoms with E-state index in [1.54, 1.807) is 0 Å². The number of ether oxygens (including phenoxy) is 1. The van der Waals surface area contributed by atoms with Crippen LogP contribution in [0.25, 0.3) is 11.0 Å². The second kappa shape index (κ2) is 4.04. The number of rotatable bonds is 1. The van der Waals surface area contributed by atoms with E-state index in [0.717, 1.165) is 7.11 Å². The van der Waals surface area contributed by atoms with Gasteiger partial charge >= 0.3 is 6.18 Å². The molecule has 8 heteroatoms. The molecule has 0 saturated heterocycles. The molecule has 0 aliphatic carbocycles. The van der Waals surface area contributed by atoms with Crippen molar-refractivity contribution in [3.05, 3.63) is 29.5 Å². The molecule has 0 unspecified atom stereocenters. The molecule has 0 saturated carbocycles. The van der Waals surface area contributed by atoms with Crippen molar-refractivity contribution in [2.24, 2.45) is 0 Å². The monoisotopic (exact) mass is 264 g/mol. The molecule has 1 aromatic carbocycles. The van der Waals surface area contributed by atoms with Gasteiger partial charge in [0.1, 0.15) is 0 Å². The van der Waals surface area contributed by atoms with Crippen LogP contribution in [0.3, 0.4) is 0 Å². The number of halogens is 5. The molecule has 1 heterocycles. The van der Waals surface area contributed by atoms with Gasteiger partial charge in [-0.1, -0.05) is 0 Å². The van der Waals surface area contributed by atoms with Crippen molar-refractivity contribution in [1.82, 2.24) is 9.97 Å². The maximum absolute atomic E-state index is 12.9. The second-order valence-electron chi connectivity index (χ2n) is 3.33. The van der Waals surface area contributed by atoms with Gasteiger partial charge in [0.15, 0.2) is 11.6 Å². The molecule has 18 heavy (non-hydrogen) atoms. The first kappa shape index (κ1) is 12.5. The molecule has 0 N–H and O–H groups in total. The van der Waals surface area contributed by atoms with Crippen LogP contribution in [-0.4, -0.2) is 17.1 Å². The van der Waals surface area contributed by atoms with Crippen molar-refractivity contribution in [3.63, 3.8) is 0 Å². The van der Waals surface area contributed by atoms with Crippen LogP contribution in [0.15, 0.2) is 12.1 Å². The lowest BCUT2D eigenvalue weighted by Gasteiger charge is -2.10. The Hall–Kier alpha value is -1.99. The van der Waals surface area contributed by atoms with Gasteiger partial charge in [-0.2, -0.15) is 13.2 Å². The van der Waals surface area contributed by atoms with Gasteiger partial charge in [0.05, 0.1) is 18.1 Å². The molecule has 0 spiro atoms. The van der Waals surface area contributed by atoms with E-state index >= 15 is 0 Å². The van der Waals surface area contributed by atoms with Gasteiger partial charge in [0, 0.05) is 12.1 Å². The first-order chi connectivity index (χ1) is 8.32. The number of nitrogens with zero attached hydrogens (tertiary/aromatic N) is 2. The van der Waals surface area contributed by atoms with Gasteiger partial charge < -0.3 is 4.74 Å². The minimum Gasteiger partial charge on any atom is -0.479 e. The maximum atomic E-state index is 12.9. The van der Waals surface area contributed by atoms with Crippen LogP contribution >= 0.6 is 0 Å². The standard InChI is InChI=1S/C10H5F5N2O/c1-18-9-8(10(13,14)15)16-6-2-4(11)5(12)3-7(6)17-9/h2-3H,1H3. The van der Waals surface area contributed by atoms with Crippen molar-refractivity contribution >= 4 is 11.0 Å². The molecular formula is C10H5F5N2O. The molecule has 0 bridgehead atoms. The van der Waals surface area contributed by atoms with Crippen molar-refractivity contribution in [1.29, 1.82) is 0 Å². The summed E-state index contributed by atoms with van der Waals surface area (Å²) in [5.41, 5.74) is -2.01. The van der Waals surface area contributed by atoms with E-state index < -0.39 is 34.9 Å². The molecule has 0 aliphatic rings. The van der Waals surface area contributed by atoms with Gasteiger partial charge in [-0.15, -0.1) is 0 Å². The maximum Gasteiger partial charge on any atom is 0.438 e. The molecular weight excluding hydrogens is 259 g/mol. The fourth-order valence-electron chi connectivity index (χ4n) is 1.36. The molecule has 2 rings (SSSR count). The average molecular weight is 264 g/mol. The van der Waals surface area contributed by atoms with Gasteiger partial charge in [-0.25, -0.2) is 18.7 Å². The molecule has 0 radical (unpaired) electrons. The fourth-order valence-corrected chi connectivity index (χ4v) is 1.36. The lowest BCUT2D eigenvalue weighted by Crippen LogP contribution is -2.12. The summed E-state index contributed by atoms with van der Waals surface area (Å²) in [7, 11) is 0.977. The zero-order valence-corrected chi connectivity index (χ0v) is 8.85. The molecule has 0 fully saturated rings.